The number of rotatable bonds is 3. The summed E-state index contributed by atoms with van der Waals surface area (Å²) in [4.78, 5) is 32.1. The molecule has 1 atom stereocenters. The van der Waals surface area contributed by atoms with E-state index in [0.29, 0.717) is 18.0 Å². The molecule has 2 heterocycles. The molecule has 0 saturated heterocycles. The number of hydrogen-bond donors (Lipinski definition) is 3. The molecule has 7 nitrogen and oxygen atoms in total. The van der Waals surface area contributed by atoms with Crippen LogP contribution in [0.1, 0.15) is 23.0 Å². The third kappa shape index (κ3) is 3.14. The number of urea groups is 1. The molecule has 2 aromatic rings. The number of nitrogens with one attached hydrogen (secondary N) is 2. The first-order valence-electron chi connectivity index (χ1n) is 7.10. The van der Waals surface area contributed by atoms with Crippen molar-refractivity contribution in [3.05, 3.63) is 52.6 Å². The smallest absolute Gasteiger partial charge is 0.323 e. The summed E-state index contributed by atoms with van der Waals surface area (Å²) >= 11 is 5.93. The molecule has 8 heteroatoms. The Balaban J connectivity index is 1.93. The highest BCUT2D eigenvalue weighted by Gasteiger charge is 2.34. The number of carbonyl (C=O) groups excluding carboxylic acids is 1. The number of carbonyl (C=O) groups is 2. The van der Waals surface area contributed by atoms with E-state index >= 15 is 0 Å². The minimum atomic E-state index is -1.08. The number of H-pyrrole nitrogens is 1. The summed E-state index contributed by atoms with van der Waals surface area (Å²) < 4.78 is 0. The molecule has 1 aromatic carbocycles. The lowest BCUT2D eigenvalue weighted by Crippen LogP contribution is -2.47. The molecule has 3 N–H and O–H groups in total. The molecule has 0 spiro atoms. The van der Waals surface area contributed by atoms with Gasteiger partial charge in [-0.2, -0.15) is 0 Å². The van der Waals surface area contributed by atoms with E-state index in [2.05, 4.69) is 15.3 Å². The van der Waals surface area contributed by atoms with E-state index in [-0.39, 0.29) is 6.04 Å². The Labute approximate surface area is 137 Å². The number of hydrogen-bond acceptors (Lipinski definition) is 3. The summed E-state index contributed by atoms with van der Waals surface area (Å²) in [5.41, 5.74) is 2.62. The quantitative estimate of drug-likeness (QED) is 0.797. The van der Waals surface area contributed by atoms with Gasteiger partial charge in [0, 0.05) is 23.7 Å². The second kappa shape index (κ2) is 6.29. The first-order valence-corrected chi connectivity index (χ1v) is 7.48. The molecular weight excluding hydrogens is 320 g/mol. The summed E-state index contributed by atoms with van der Waals surface area (Å²) in [6, 6.07) is 6.39. The maximum atomic E-state index is 12.4. The van der Waals surface area contributed by atoms with Crippen molar-refractivity contribution in [3.8, 4) is 0 Å². The molecule has 120 valence electrons. The average molecular weight is 335 g/mol. The lowest BCUT2D eigenvalue weighted by atomic mass is 9.96. The van der Waals surface area contributed by atoms with Gasteiger partial charge in [-0.25, -0.2) is 9.78 Å². The van der Waals surface area contributed by atoms with Crippen LogP contribution in [0.25, 0.3) is 0 Å². The van der Waals surface area contributed by atoms with Gasteiger partial charge in [-0.15, -0.1) is 0 Å². The van der Waals surface area contributed by atoms with E-state index in [1.165, 1.54) is 0 Å². The number of carboxylic acid groups (broad SMARTS) is 1. The molecule has 0 radical (unpaired) electrons. The second-order valence-corrected chi connectivity index (χ2v) is 5.65. The summed E-state index contributed by atoms with van der Waals surface area (Å²) in [6.07, 6.45) is 2.24. The lowest BCUT2D eigenvalue weighted by Gasteiger charge is -2.35. The molecule has 0 unspecified atom stereocenters. The summed E-state index contributed by atoms with van der Waals surface area (Å²) in [5, 5.41) is 11.7. The van der Waals surface area contributed by atoms with Crippen molar-refractivity contribution in [2.24, 2.45) is 0 Å². The number of imidazole rings is 1. The topological polar surface area (TPSA) is 98.3 Å². The molecule has 2 amide bonds. The van der Waals surface area contributed by atoms with Gasteiger partial charge in [-0.1, -0.05) is 23.7 Å². The molecule has 0 saturated carbocycles. The van der Waals surface area contributed by atoms with E-state index in [1.807, 2.05) is 12.1 Å². The minimum absolute atomic E-state index is 0.379. The van der Waals surface area contributed by atoms with Crippen LogP contribution in [0.15, 0.2) is 30.6 Å². The second-order valence-electron chi connectivity index (χ2n) is 5.22. The maximum absolute atomic E-state index is 12.4. The van der Waals surface area contributed by atoms with Gasteiger partial charge in [-0.05, 0) is 17.7 Å². The Morgan fingerprint density at radius 3 is 2.83 bits per heavy atom. The first kappa shape index (κ1) is 15.4. The van der Waals surface area contributed by atoms with Crippen molar-refractivity contribution in [2.45, 2.75) is 12.5 Å². The highest BCUT2D eigenvalue weighted by molar-refractivity contribution is 6.30. The van der Waals surface area contributed by atoms with Crippen LogP contribution in [-0.4, -0.2) is 45.1 Å². The molecule has 1 aliphatic rings. The number of amides is 2. The van der Waals surface area contributed by atoms with Crippen molar-refractivity contribution in [1.29, 1.82) is 0 Å². The Bertz CT molecular complexity index is 729. The number of halogens is 1. The third-order valence-corrected chi connectivity index (χ3v) is 4.01. The van der Waals surface area contributed by atoms with Crippen molar-refractivity contribution in [3.63, 3.8) is 0 Å². The highest BCUT2D eigenvalue weighted by atomic mass is 35.5. The number of aliphatic carboxylic acids is 1. The standard InChI is InChI=1S/C15H15ClN4O3/c16-10-3-1-9(2-4-10)14-13-11(18-8-19-13)5-6-20(14)15(23)17-7-12(21)22/h1-4,8,14H,5-7H2,(H,17,23)(H,18,19)(H,21,22)/t14-/m0/s1. The van der Waals surface area contributed by atoms with Gasteiger partial charge in [0.05, 0.1) is 12.0 Å². The Morgan fingerprint density at radius 1 is 1.39 bits per heavy atom. The Kier molecular flexibility index (Phi) is 4.20. The van der Waals surface area contributed by atoms with Crippen LogP contribution < -0.4 is 5.32 Å². The van der Waals surface area contributed by atoms with Crippen molar-refractivity contribution in [2.75, 3.05) is 13.1 Å². The van der Waals surface area contributed by atoms with Gasteiger partial charge in [0.2, 0.25) is 0 Å². The lowest BCUT2D eigenvalue weighted by molar-refractivity contribution is -0.135. The molecule has 0 bridgehead atoms. The molecule has 0 fully saturated rings. The van der Waals surface area contributed by atoms with Crippen molar-refractivity contribution in [1.82, 2.24) is 20.2 Å². The van der Waals surface area contributed by atoms with E-state index in [9.17, 15) is 9.59 Å². The van der Waals surface area contributed by atoms with Gasteiger partial charge in [-0.3, -0.25) is 4.79 Å². The summed E-state index contributed by atoms with van der Waals surface area (Å²) in [7, 11) is 0. The van der Waals surface area contributed by atoms with Crippen LogP contribution in [0.2, 0.25) is 5.02 Å². The predicted molar refractivity (Wildman–Crippen MR) is 83.3 cm³/mol. The SMILES string of the molecule is O=C(O)CNC(=O)N1CCc2[nH]cnc2[C@@H]1c1ccc(Cl)cc1. The van der Waals surface area contributed by atoms with Crippen LogP contribution in [-0.2, 0) is 11.2 Å². The normalized spacial score (nSPS) is 16.7. The minimum Gasteiger partial charge on any atom is -0.480 e. The van der Waals surface area contributed by atoms with E-state index in [0.717, 1.165) is 17.0 Å². The van der Waals surface area contributed by atoms with Gasteiger partial charge in [0.25, 0.3) is 0 Å². The number of fused-ring (bicyclic) bond motifs is 1. The van der Waals surface area contributed by atoms with Crippen molar-refractivity contribution < 1.29 is 14.7 Å². The zero-order chi connectivity index (χ0) is 16.4. The Morgan fingerprint density at radius 2 is 2.13 bits per heavy atom. The van der Waals surface area contributed by atoms with Gasteiger partial charge in [0.15, 0.2) is 0 Å². The fraction of sp³-hybridized carbons (Fsp3) is 0.267. The van der Waals surface area contributed by atoms with Crippen LogP contribution >= 0.6 is 11.6 Å². The monoisotopic (exact) mass is 334 g/mol. The molecule has 1 aliphatic heterocycles. The number of aromatic nitrogens is 2. The van der Waals surface area contributed by atoms with Gasteiger partial charge < -0.3 is 20.3 Å². The summed E-state index contributed by atoms with van der Waals surface area (Å²) in [5.74, 6) is -1.08. The maximum Gasteiger partial charge on any atom is 0.323 e. The molecular formula is C15H15ClN4O3. The number of aromatic amines is 1. The van der Waals surface area contributed by atoms with Gasteiger partial charge in [0.1, 0.15) is 12.6 Å². The zero-order valence-electron chi connectivity index (χ0n) is 12.1. The fourth-order valence-corrected chi connectivity index (χ4v) is 2.86. The van der Waals surface area contributed by atoms with Gasteiger partial charge >= 0.3 is 12.0 Å². The fourth-order valence-electron chi connectivity index (χ4n) is 2.73. The predicted octanol–water partition coefficient (Wildman–Crippen LogP) is 1.80. The van der Waals surface area contributed by atoms with Crippen LogP contribution in [0.3, 0.4) is 0 Å². The summed E-state index contributed by atoms with van der Waals surface area (Å²) in [6.45, 7) is 0.0457. The first-order chi connectivity index (χ1) is 11.1. The number of carboxylic acids is 1. The molecule has 1 aromatic heterocycles. The molecule has 3 rings (SSSR count). The molecule has 23 heavy (non-hydrogen) atoms. The van der Waals surface area contributed by atoms with Crippen LogP contribution in [0.5, 0.6) is 0 Å². The third-order valence-electron chi connectivity index (χ3n) is 3.76. The van der Waals surface area contributed by atoms with Crippen LogP contribution in [0.4, 0.5) is 4.79 Å². The van der Waals surface area contributed by atoms with E-state index < -0.39 is 18.5 Å². The van der Waals surface area contributed by atoms with Crippen LogP contribution in [0, 0.1) is 0 Å². The van der Waals surface area contributed by atoms with E-state index in [1.54, 1.807) is 23.4 Å². The number of nitrogens with zero attached hydrogens (tertiary/aromatic N) is 2. The van der Waals surface area contributed by atoms with E-state index in [4.69, 9.17) is 16.7 Å². The number of benzene rings is 1. The van der Waals surface area contributed by atoms with Crippen molar-refractivity contribution >= 4 is 23.6 Å². The highest BCUT2D eigenvalue weighted by Crippen LogP contribution is 2.33. The largest absolute Gasteiger partial charge is 0.480 e. The molecule has 0 aliphatic carbocycles. The Hall–Kier alpha value is -2.54. The average Bonchev–Trinajstić information content (AvgIpc) is 3.01. The zero-order valence-corrected chi connectivity index (χ0v) is 12.9.